The number of benzene rings is 2. The quantitative estimate of drug-likeness (QED) is 0.721. The lowest BCUT2D eigenvalue weighted by molar-refractivity contribution is 0.217. The highest BCUT2D eigenvalue weighted by atomic mass is 35.5. The lowest BCUT2D eigenvalue weighted by Crippen LogP contribution is -2.02. The van der Waals surface area contributed by atoms with Gasteiger partial charge in [-0.15, -0.1) is 11.3 Å². The van der Waals surface area contributed by atoms with Crippen molar-refractivity contribution in [2.45, 2.75) is 6.10 Å². The molecule has 3 rings (SSSR count). The second-order valence-corrected chi connectivity index (χ2v) is 5.54. The fourth-order valence-electron chi connectivity index (χ4n) is 2.14. The summed E-state index contributed by atoms with van der Waals surface area (Å²) in [5, 5.41) is 13.4. The van der Waals surface area contributed by atoms with Crippen molar-refractivity contribution < 1.29 is 9.50 Å². The van der Waals surface area contributed by atoms with Crippen LogP contribution in [0.5, 0.6) is 0 Å². The van der Waals surface area contributed by atoms with E-state index in [1.165, 1.54) is 23.5 Å². The number of hydrogen-bond acceptors (Lipinski definition) is 2. The van der Waals surface area contributed by atoms with Crippen LogP contribution in [0.1, 0.15) is 17.2 Å². The molecule has 0 spiro atoms. The topological polar surface area (TPSA) is 20.2 Å². The molecule has 0 bridgehead atoms. The van der Waals surface area contributed by atoms with Crippen LogP contribution in [0.2, 0.25) is 5.02 Å². The Labute approximate surface area is 118 Å². The van der Waals surface area contributed by atoms with Gasteiger partial charge in [0.05, 0.1) is 0 Å². The van der Waals surface area contributed by atoms with Crippen molar-refractivity contribution >= 4 is 33.0 Å². The zero-order valence-electron chi connectivity index (χ0n) is 9.81. The van der Waals surface area contributed by atoms with Crippen molar-refractivity contribution in [3.63, 3.8) is 0 Å². The van der Waals surface area contributed by atoms with Gasteiger partial charge in [0.25, 0.3) is 0 Å². The van der Waals surface area contributed by atoms with Crippen LogP contribution in [0.3, 0.4) is 0 Å². The van der Waals surface area contributed by atoms with Gasteiger partial charge in [-0.3, -0.25) is 0 Å². The Morgan fingerprint density at radius 1 is 1.11 bits per heavy atom. The molecule has 0 saturated heterocycles. The number of hydrogen-bond donors (Lipinski definition) is 1. The first-order chi connectivity index (χ1) is 9.18. The minimum atomic E-state index is -1.05. The molecule has 19 heavy (non-hydrogen) atoms. The average molecular weight is 293 g/mol. The predicted molar refractivity (Wildman–Crippen MR) is 77.3 cm³/mol. The molecule has 0 saturated carbocycles. The number of fused-ring (bicyclic) bond motifs is 1. The zero-order chi connectivity index (χ0) is 13.4. The normalized spacial score (nSPS) is 12.8. The van der Waals surface area contributed by atoms with E-state index >= 15 is 0 Å². The highest BCUT2D eigenvalue weighted by Crippen LogP contribution is 2.36. The molecule has 4 heteroatoms. The van der Waals surface area contributed by atoms with E-state index < -0.39 is 11.9 Å². The molecule has 0 fully saturated rings. The fourth-order valence-corrected chi connectivity index (χ4v) is 3.38. The van der Waals surface area contributed by atoms with E-state index in [0.29, 0.717) is 5.56 Å². The molecule has 0 aliphatic carbocycles. The first-order valence-corrected chi connectivity index (χ1v) is 7.02. The molecular weight excluding hydrogens is 283 g/mol. The Morgan fingerprint density at radius 3 is 2.68 bits per heavy atom. The van der Waals surface area contributed by atoms with Crippen LogP contribution in [-0.4, -0.2) is 5.11 Å². The third-order valence-electron chi connectivity index (χ3n) is 3.08. The van der Waals surface area contributed by atoms with Crippen LogP contribution in [0.4, 0.5) is 4.39 Å². The minimum Gasteiger partial charge on any atom is -0.383 e. The number of aliphatic hydroxyl groups is 1. The largest absolute Gasteiger partial charge is 0.383 e. The van der Waals surface area contributed by atoms with Crippen LogP contribution >= 0.6 is 22.9 Å². The van der Waals surface area contributed by atoms with Gasteiger partial charge in [0, 0.05) is 20.8 Å². The Bertz CT molecular complexity index is 718. The van der Waals surface area contributed by atoms with Crippen molar-refractivity contribution in [2.75, 3.05) is 0 Å². The van der Waals surface area contributed by atoms with Gasteiger partial charge in [-0.1, -0.05) is 35.9 Å². The van der Waals surface area contributed by atoms with Crippen molar-refractivity contribution in [3.8, 4) is 0 Å². The third-order valence-corrected chi connectivity index (χ3v) is 4.39. The van der Waals surface area contributed by atoms with Crippen molar-refractivity contribution in [1.29, 1.82) is 0 Å². The maximum Gasteiger partial charge on any atom is 0.130 e. The molecule has 0 radical (unpaired) electrons. The molecule has 0 aliphatic rings. The summed E-state index contributed by atoms with van der Waals surface area (Å²) in [7, 11) is 0. The molecule has 1 nitrogen and oxygen atoms in total. The predicted octanol–water partition coefficient (Wildman–Crippen LogP) is 4.78. The molecule has 2 aromatic carbocycles. The van der Waals surface area contributed by atoms with Crippen LogP contribution in [0.25, 0.3) is 10.1 Å². The summed E-state index contributed by atoms with van der Waals surface area (Å²) < 4.78 is 14.9. The lowest BCUT2D eigenvalue weighted by atomic mass is 10.0. The van der Waals surface area contributed by atoms with Crippen LogP contribution in [-0.2, 0) is 0 Å². The van der Waals surface area contributed by atoms with E-state index in [4.69, 9.17) is 11.6 Å². The van der Waals surface area contributed by atoms with E-state index in [2.05, 4.69) is 0 Å². The average Bonchev–Trinajstić information content (AvgIpc) is 2.82. The molecule has 3 aromatic rings. The summed E-state index contributed by atoms with van der Waals surface area (Å²) in [5.74, 6) is -0.490. The smallest absolute Gasteiger partial charge is 0.130 e. The highest BCUT2D eigenvalue weighted by Gasteiger charge is 2.21. The highest BCUT2D eigenvalue weighted by molar-refractivity contribution is 7.17. The summed E-state index contributed by atoms with van der Waals surface area (Å²) in [5.41, 5.74) is 0.820. The van der Waals surface area contributed by atoms with Crippen LogP contribution < -0.4 is 0 Å². The van der Waals surface area contributed by atoms with Crippen LogP contribution in [0.15, 0.2) is 47.8 Å². The Kier molecular flexibility index (Phi) is 3.27. The molecule has 1 atom stereocenters. The fraction of sp³-hybridized carbons (Fsp3) is 0.0667. The first kappa shape index (κ1) is 12.6. The number of rotatable bonds is 2. The number of aliphatic hydroxyl groups excluding tert-OH is 1. The maximum absolute atomic E-state index is 13.9. The molecule has 96 valence electrons. The van der Waals surface area contributed by atoms with Gasteiger partial charge < -0.3 is 5.11 Å². The maximum atomic E-state index is 13.9. The first-order valence-electron chi connectivity index (χ1n) is 5.76. The van der Waals surface area contributed by atoms with Gasteiger partial charge in [0.15, 0.2) is 0 Å². The van der Waals surface area contributed by atoms with E-state index in [1.54, 1.807) is 6.07 Å². The van der Waals surface area contributed by atoms with E-state index in [1.807, 2.05) is 29.6 Å². The standard InChI is InChI=1S/C15H10ClFOS/c16-11-5-3-6-12(17)14(11)15(18)10-8-19-13-7-2-1-4-9(10)13/h1-8,15,18H. The van der Waals surface area contributed by atoms with Gasteiger partial charge in [-0.25, -0.2) is 4.39 Å². The second-order valence-electron chi connectivity index (χ2n) is 4.23. The third kappa shape index (κ3) is 2.14. The SMILES string of the molecule is OC(c1c(F)cccc1Cl)c1csc2ccccc12. The lowest BCUT2D eigenvalue weighted by Gasteiger charge is -2.13. The van der Waals surface area contributed by atoms with E-state index in [0.717, 1.165) is 10.1 Å². The van der Waals surface area contributed by atoms with Crippen molar-refractivity contribution in [3.05, 3.63) is 69.8 Å². The molecule has 1 heterocycles. The molecule has 0 aliphatic heterocycles. The van der Waals surface area contributed by atoms with Crippen LogP contribution in [0, 0.1) is 5.82 Å². The second kappa shape index (κ2) is 4.93. The number of halogens is 2. The summed E-state index contributed by atoms with van der Waals surface area (Å²) >= 11 is 7.52. The van der Waals surface area contributed by atoms with E-state index in [9.17, 15) is 9.50 Å². The monoisotopic (exact) mass is 292 g/mol. The zero-order valence-corrected chi connectivity index (χ0v) is 11.4. The van der Waals surface area contributed by atoms with Gasteiger partial charge in [-0.05, 0) is 29.0 Å². The Morgan fingerprint density at radius 2 is 1.89 bits per heavy atom. The van der Waals surface area contributed by atoms with Crippen molar-refractivity contribution in [1.82, 2.24) is 0 Å². The molecule has 1 unspecified atom stereocenters. The molecule has 1 N–H and O–H groups in total. The summed E-state index contributed by atoms with van der Waals surface area (Å²) in [6.45, 7) is 0. The van der Waals surface area contributed by atoms with Crippen molar-refractivity contribution in [2.24, 2.45) is 0 Å². The van der Waals surface area contributed by atoms with E-state index in [-0.39, 0.29) is 10.6 Å². The summed E-state index contributed by atoms with van der Waals surface area (Å²) in [6.07, 6.45) is -1.05. The summed E-state index contributed by atoms with van der Waals surface area (Å²) in [6, 6.07) is 12.1. The minimum absolute atomic E-state index is 0.132. The van der Waals surface area contributed by atoms with Gasteiger partial charge in [0.2, 0.25) is 0 Å². The summed E-state index contributed by atoms with van der Waals surface area (Å²) in [4.78, 5) is 0. The molecule has 1 aromatic heterocycles. The Hall–Kier alpha value is -1.42. The Balaban J connectivity index is 2.16. The van der Waals surface area contributed by atoms with Gasteiger partial charge in [0.1, 0.15) is 11.9 Å². The number of thiophene rings is 1. The van der Waals surface area contributed by atoms with Gasteiger partial charge >= 0.3 is 0 Å². The molecule has 0 amide bonds. The molecular formula is C15H10ClFOS. The van der Waals surface area contributed by atoms with Gasteiger partial charge in [-0.2, -0.15) is 0 Å².